The normalized spacial score (nSPS) is 10.2. The van der Waals surface area contributed by atoms with Crippen LogP contribution in [0.1, 0.15) is 11.1 Å². The number of aromatic nitrogens is 2. The van der Waals surface area contributed by atoms with Gasteiger partial charge >= 0.3 is 0 Å². The average molecular weight is 228 g/mol. The van der Waals surface area contributed by atoms with Crippen LogP contribution in [0.4, 0.5) is 5.82 Å². The van der Waals surface area contributed by atoms with Gasteiger partial charge in [0.05, 0.1) is 6.20 Å². The van der Waals surface area contributed by atoms with E-state index in [1.807, 2.05) is 0 Å². The molecule has 2 rings (SSSR count). The Balaban J connectivity index is 1.91. The number of nitrogens with one attached hydrogen (secondary N) is 1. The van der Waals surface area contributed by atoms with Gasteiger partial charge < -0.3 is 11.1 Å². The molecule has 2 aromatic rings. The molecule has 4 nitrogen and oxygen atoms in total. The van der Waals surface area contributed by atoms with Crippen molar-refractivity contribution in [3.63, 3.8) is 0 Å². The van der Waals surface area contributed by atoms with E-state index in [-0.39, 0.29) is 0 Å². The molecule has 88 valence electrons. The maximum Gasteiger partial charge on any atom is 0.144 e. The van der Waals surface area contributed by atoms with E-state index in [1.165, 1.54) is 11.1 Å². The Hall–Kier alpha value is -1.94. The van der Waals surface area contributed by atoms with E-state index in [4.69, 9.17) is 5.73 Å². The van der Waals surface area contributed by atoms with Crippen molar-refractivity contribution in [3.8, 4) is 0 Å². The Morgan fingerprint density at radius 3 is 2.47 bits per heavy atom. The van der Waals surface area contributed by atoms with Crippen molar-refractivity contribution in [1.82, 2.24) is 9.97 Å². The monoisotopic (exact) mass is 228 g/mol. The maximum atomic E-state index is 5.51. The van der Waals surface area contributed by atoms with Crippen molar-refractivity contribution < 1.29 is 0 Å². The van der Waals surface area contributed by atoms with Crippen molar-refractivity contribution in [2.24, 2.45) is 5.73 Å². The van der Waals surface area contributed by atoms with Crippen LogP contribution in [-0.4, -0.2) is 16.5 Å². The molecule has 3 N–H and O–H groups in total. The zero-order chi connectivity index (χ0) is 11.9. The fourth-order valence-corrected chi connectivity index (χ4v) is 1.57. The molecule has 0 aliphatic heterocycles. The highest BCUT2D eigenvalue weighted by molar-refractivity contribution is 5.32. The van der Waals surface area contributed by atoms with E-state index in [1.54, 1.807) is 18.6 Å². The zero-order valence-electron chi connectivity index (χ0n) is 9.63. The fraction of sp³-hybridized carbons (Fsp3) is 0.231. The number of rotatable bonds is 5. The molecule has 1 aromatic heterocycles. The molecular weight excluding hydrogens is 212 g/mol. The van der Waals surface area contributed by atoms with Gasteiger partial charge in [-0.25, -0.2) is 4.98 Å². The largest absolute Gasteiger partial charge is 0.365 e. The number of hydrogen-bond acceptors (Lipinski definition) is 4. The number of nitrogens with zero attached hydrogens (tertiary/aromatic N) is 2. The number of anilines is 1. The van der Waals surface area contributed by atoms with Crippen LogP contribution >= 0.6 is 0 Å². The van der Waals surface area contributed by atoms with Crippen LogP contribution in [0, 0.1) is 0 Å². The lowest BCUT2D eigenvalue weighted by atomic mass is 10.1. The molecule has 0 unspecified atom stereocenters. The lowest BCUT2D eigenvalue weighted by molar-refractivity contribution is 0.965. The number of nitrogens with two attached hydrogens (primary N) is 1. The first-order valence-corrected chi connectivity index (χ1v) is 5.66. The molecule has 0 fully saturated rings. The molecular formula is C13H16N4. The summed E-state index contributed by atoms with van der Waals surface area (Å²) in [6.45, 7) is 1.44. The predicted molar refractivity (Wildman–Crippen MR) is 68.6 cm³/mol. The Labute approximate surface area is 101 Å². The zero-order valence-corrected chi connectivity index (χ0v) is 9.63. The summed E-state index contributed by atoms with van der Waals surface area (Å²) in [5.41, 5.74) is 8.00. The van der Waals surface area contributed by atoms with Crippen molar-refractivity contribution in [3.05, 3.63) is 54.0 Å². The average Bonchev–Trinajstić information content (AvgIpc) is 2.40. The van der Waals surface area contributed by atoms with Crippen LogP contribution in [0.3, 0.4) is 0 Å². The van der Waals surface area contributed by atoms with Crippen molar-refractivity contribution in [1.29, 1.82) is 0 Å². The van der Waals surface area contributed by atoms with Crippen LogP contribution in [0.2, 0.25) is 0 Å². The van der Waals surface area contributed by atoms with E-state index in [0.717, 1.165) is 18.8 Å². The molecule has 0 aliphatic carbocycles. The van der Waals surface area contributed by atoms with Crippen molar-refractivity contribution in [2.45, 2.75) is 13.0 Å². The highest BCUT2D eigenvalue weighted by atomic mass is 15.0. The molecule has 0 amide bonds. The molecule has 1 heterocycles. The molecule has 4 heteroatoms. The quantitative estimate of drug-likeness (QED) is 0.815. The molecule has 17 heavy (non-hydrogen) atoms. The highest BCUT2D eigenvalue weighted by Crippen LogP contribution is 2.07. The molecule has 0 spiro atoms. The second-order valence-corrected chi connectivity index (χ2v) is 3.80. The van der Waals surface area contributed by atoms with Gasteiger partial charge in [-0.1, -0.05) is 24.3 Å². The summed E-state index contributed by atoms with van der Waals surface area (Å²) < 4.78 is 0. The van der Waals surface area contributed by atoms with E-state index >= 15 is 0 Å². The summed E-state index contributed by atoms with van der Waals surface area (Å²) in [5.74, 6) is 0.790. The first-order valence-electron chi connectivity index (χ1n) is 5.66. The van der Waals surface area contributed by atoms with E-state index < -0.39 is 0 Å². The summed E-state index contributed by atoms with van der Waals surface area (Å²) in [5, 5.41) is 3.21. The summed E-state index contributed by atoms with van der Waals surface area (Å²) in [4.78, 5) is 8.15. The minimum absolute atomic E-state index is 0.692. The van der Waals surface area contributed by atoms with Crippen LogP contribution in [0.15, 0.2) is 42.9 Å². The maximum absolute atomic E-state index is 5.51. The van der Waals surface area contributed by atoms with Crippen LogP contribution in [0.25, 0.3) is 0 Å². The third-order valence-corrected chi connectivity index (χ3v) is 2.49. The van der Waals surface area contributed by atoms with E-state index in [0.29, 0.717) is 6.54 Å². The second kappa shape index (κ2) is 5.96. The Kier molecular flexibility index (Phi) is 4.05. The van der Waals surface area contributed by atoms with E-state index in [2.05, 4.69) is 39.6 Å². The van der Waals surface area contributed by atoms with Gasteiger partial charge in [-0.3, -0.25) is 4.98 Å². The fourth-order valence-electron chi connectivity index (χ4n) is 1.57. The second-order valence-electron chi connectivity index (χ2n) is 3.80. The minimum Gasteiger partial charge on any atom is -0.365 e. The SMILES string of the molecule is NCCc1ccc(CNc2cnccn2)cc1. The standard InChI is InChI=1S/C13H16N4/c14-6-5-11-1-3-12(4-2-11)9-17-13-10-15-7-8-16-13/h1-4,7-8,10H,5-6,9,14H2,(H,16,17). The minimum atomic E-state index is 0.692. The molecule has 0 aliphatic rings. The lowest BCUT2D eigenvalue weighted by Gasteiger charge is -2.05. The summed E-state index contributed by atoms with van der Waals surface area (Å²) in [6, 6.07) is 8.43. The van der Waals surface area contributed by atoms with Gasteiger partial charge in [-0.05, 0) is 24.1 Å². The van der Waals surface area contributed by atoms with E-state index in [9.17, 15) is 0 Å². The first-order chi connectivity index (χ1) is 8.38. The van der Waals surface area contributed by atoms with Crippen LogP contribution < -0.4 is 11.1 Å². The van der Waals surface area contributed by atoms with Crippen molar-refractivity contribution in [2.75, 3.05) is 11.9 Å². The number of benzene rings is 1. The number of hydrogen-bond donors (Lipinski definition) is 2. The molecule has 0 radical (unpaired) electrons. The van der Waals surface area contributed by atoms with Gasteiger partial charge in [0.15, 0.2) is 0 Å². The first kappa shape index (κ1) is 11.5. The molecule has 0 atom stereocenters. The molecule has 0 saturated heterocycles. The smallest absolute Gasteiger partial charge is 0.144 e. The third-order valence-electron chi connectivity index (χ3n) is 2.49. The van der Waals surface area contributed by atoms with Crippen molar-refractivity contribution >= 4 is 5.82 Å². The molecule has 0 bridgehead atoms. The van der Waals surface area contributed by atoms with Gasteiger partial charge in [0, 0.05) is 18.9 Å². The van der Waals surface area contributed by atoms with Gasteiger partial charge in [0.25, 0.3) is 0 Å². The van der Waals surface area contributed by atoms with Gasteiger partial charge in [0.2, 0.25) is 0 Å². The predicted octanol–water partition coefficient (Wildman–Crippen LogP) is 1.59. The summed E-state index contributed by atoms with van der Waals surface area (Å²) in [6.07, 6.45) is 5.97. The molecule has 0 saturated carbocycles. The lowest BCUT2D eigenvalue weighted by Crippen LogP contribution is -2.04. The Bertz CT molecular complexity index is 439. The summed E-state index contributed by atoms with van der Waals surface area (Å²) >= 11 is 0. The van der Waals surface area contributed by atoms with Gasteiger partial charge in [0.1, 0.15) is 5.82 Å². The molecule has 1 aromatic carbocycles. The Morgan fingerprint density at radius 2 is 1.82 bits per heavy atom. The van der Waals surface area contributed by atoms with Crippen LogP contribution in [-0.2, 0) is 13.0 Å². The van der Waals surface area contributed by atoms with Gasteiger partial charge in [-0.15, -0.1) is 0 Å². The van der Waals surface area contributed by atoms with Crippen LogP contribution in [0.5, 0.6) is 0 Å². The third kappa shape index (κ3) is 3.53. The van der Waals surface area contributed by atoms with Gasteiger partial charge in [-0.2, -0.15) is 0 Å². The topological polar surface area (TPSA) is 63.8 Å². The Morgan fingerprint density at radius 1 is 1.06 bits per heavy atom. The highest BCUT2D eigenvalue weighted by Gasteiger charge is 1.96. The summed E-state index contributed by atoms with van der Waals surface area (Å²) in [7, 11) is 0.